The van der Waals surface area contributed by atoms with Gasteiger partial charge in [-0.2, -0.15) is 0 Å². The lowest BCUT2D eigenvalue weighted by atomic mass is 9.80. The lowest BCUT2D eigenvalue weighted by Gasteiger charge is -2.40. The van der Waals surface area contributed by atoms with Crippen LogP contribution in [0.2, 0.25) is 0 Å². The molecule has 3 amide bonds. The van der Waals surface area contributed by atoms with Gasteiger partial charge in [-0.25, -0.2) is 0 Å². The molecule has 2 aliphatic heterocycles. The van der Waals surface area contributed by atoms with Crippen molar-refractivity contribution in [1.82, 2.24) is 10.2 Å². The quantitative estimate of drug-likeness (QED) is 0.811. The van der Waals surface area contributed by atoms with Gasteiger partial charge in [0.25, 0.3) is 11.8 Å². The second kappa shape index (κ2) is 6.61. The number of anilines is 1. The molecule has 0 aliphatic carbocycles. The van der Waals surface area contributed by atoms with E-state index in [9.17, 15) is 14.4 Å². The highest BCUT2D eigenvalue weighted by atomic mass is 16.2. The maximum atomic E-state index is 13.8. The van der Waals surface area contributed by atoms with Crippen LogP contribution in [0.5, 0.6) is 0 Å². The molecule has 1 atom stereocenters. The van der Waals surface area contributed by atoms with Crippen molar-refractivity contribution < 1.29 is 14.4 Å². The zero-order valence-corrected chi connectivity index (χ0v) is 17.8. The molecule has 6 nitrogen and oxygen atoms in total. The Morgan fingerprint density at radius 3 is 2.36 bits per heavy atom. The molecule has 0 bridgehead atoms. The van der Waals surface area contributed by atoms with E-state index in [1.54, 1.807) is 13.1 Å². The smallest absolute Gasteiger partial charge is 0.267 e. The zero-order valence-electron chi connectivity index (χ0n) is 17.8. The second-order valence-electron chi connectivity index (χ2n) is 9.82. The van der Waals surface area contributed by atoms with Crippen molar-refractivity contribution in [1.29, 1.82) is 0 Å². The highest BCUT2D eigenvalue weighted by Gasteiger charge is 2.62. The van der Waals surface area contributed by atoms with E-state index in [1.165, 1.54) is 9.80 Å². The lowest BCUT2D eigenvalue weighted by Crippen LogP contribution is -2.64. The number of hydrogen-bond acceptors (Lipinski definition) is 3. The van der Waals surface area contributed by atoms with Crippen molar-refractivity contribution >= 4 is 23.4 Å². The topological polar surface area (TPSA) is 69.7 Å². The number of nitrogens with zero attached hydrogens (tertiary/aromatic N) is 2. The highest BCUT2D eigenvalue weighted by molar-refractivity contribution is 6.22. The van der Waals surface area contributed by atoms with Crippen molar-refractivity contribution in [2.75, 3.05) is 18.5 Å². The van der Waals surface area contributed by atoms with Crippen LogP contribution in [0.15, 0.2) is 24.3 Å². The Morgan fingerprint density at radius 1 is 1.14 bits per heavy atom. The van der Waals surface area contributed by atoms with Gasteiger partial charge in [0.05, 0.1) is 5.69 Å². The van der Waals surface area contributed by atoms with Crippen molar-refractivity contribution in [3.63, 3.8) is 0 Å². The maximum absolute atomic E-state index is 13.8. The molecule has 2 heterocycles. The van der Waals surface area contributed by atoms with Crippen molar-refractivity contribution in [2.45, 2.75) is 65.0 Å². The number of likely N-dealkylation sites (tertiary alicyclic amines) is 1. The van der Waals surface area contributed by atoms with Gasteiger partial charge < -0.3 is 15.1 Å². The molecule has 1 unspecified atom stereocenters. The number of para-hydroxylation sites is 1. The predicted molar refractivity (Wildman–Crippen MR) is 109 cm³/mol. The number of carbonyl (C=O) groups excluding carboxylic acids is 3. The van der Waals surface area contributed by atoms with E-state index in [0.717, 1.165) is 6.42 Å². The van der Waals surface area contributed by atoms with Gasteiger partial charge in [0.2, 0.25) is 11.4 Å². The number of benzene rings is 1. The Morgan fingerprint density at radius 2 is 1.79 bits per heavy atom. The molecule has 1 fully saturated rings. The average Bonchev–Trinajstić information content (AvgIpc) is 3.07. The fourth-order valence-electron chi connectivity index (χ4n) is 4.91. The van der Waals surface area contributed by atoms with Gasteiger partial charge in [-0.15, -0.1) is 0 Å². The van der Waals surface area contributed by atoms with Crippen LogP contribution < -0.4 is 10.2 Å². The van der Waals surface area contributed by atoms with Gasteiger partial charge in [-0.3, -0.25) is 14.4 Å². The summed E-state index contributed by atoms with van der Waals surface area (Å²) in [5, 5.41) is 3.10. The number of rotatable bonds is 4. The summed E-state index contributed by atoms with van der Waals surface area (Å²) in [5.41, 5.74) is -0.894. The predicted octanol–water partition coefficient (Wildman–Crippen LogP) is 2.81. The van der Waals surface area contributed by atoms with E-state index in [4.69, 9.17) is 0 Å². The van der Waals surface area contributed by atoms with E-state index in [1.807, 2.05) is 32.0 Å². The molecular weight excluding hydrogens is 354 g/mol. The van der Waals surface area contributed by atoms with Gasteiger partial charge >= 0.3 is 0 Å². The second-order valence-corrected chi connectivity index (χ2v) is 9.82. The molecule has 6 heteroatoms. The monoisotopic (exact) mass is 385 g/mol. The molecule has 0 radical (unpaired) electrons. The maximum Gasteiger partial charge on any atom is 0.267 e. The highest BCUT2D eigenvalue weighted by Crippen LogP contribution is 2.45. The minimum absolute atomic E-state index is 0.00178. The third kappa shape index (κ3) is 3.19. The first-order valence-corrected chi connectivity index (χ1v) is 9.91. The molecule has 2 aliphatic rings. The number of amides is 3. The Balaban J connectivity index is 2.11. The number of hydrogen-bond donors (Lipinski definition) is 1. The molecule has 3 rings (SSSR count). The molecule has 0 aromatic heterocycles. The molecule has 1 aromatic rings. The van der Waals surface area contributed by atoms with E-state index < -0.39 is 17.0 Å². The average molecular weight is 386 g/mol. The van der Waals surface area contributed by atoms with Crippen LogP contribution >= 0.6 is 0 Å². The van der Waals surface area contributed by atoms with Gasteiger partial charge in [0.15, 0.2) is 0 Å². The van der Waals surface area contributed by atoms with Crippen LogP contribution in [-0.4, -0.2) is 41.8 Å². The summed E-state index contributed by atoms with van der Waals surface area (Å²) >= 11 is 0. The number of likely N-dealkylation sites (N-methyl/N-ethyl adjacent to an activating group) is 1. The summed E-state index contributed by atoms with van der Waals surface area (Å²) in [7, 11) is 1.66. The Kier molecular flexibility index (Phi) is 4.80. The van der Waals surface area contributed by atoms with E-state index in [2.05, 4.69) is 26.1 Å². The van der Waals surface area contributed by atoms with Gasteiger partial charge in [-0.05, 0) is 38.2 Å². The minimum atomic E-state index is -1.63. The summed E-state index contributed by atoms with van der Waals surface area (Å²) in [6, 6.07) is 7.27. The Hall–Kier alpha value is -2.37. The Bertz CT molecular complexity index is 825. The van der Waals surface area contributed by atoms with Crippen LogP contribution in [-0.2, 0) is 19.9 Å². The van der Waals surface area contributed by atoms with Gasteiger partial charge in [-0.1, -0.05) is 39.0 Å². The molecule has 0 saturated carbocycles. The molecule has 1 saturated heterocycles. The summed E-state index contributed by atoms with van der Waals surface area (Å²) in [6.07, 6.45) is 1.75. The normalized spacial score (nSPS) is 22.6. The molecule has 28 heavy (non-hydrogen) atoms. The third-order valence-electron chi connectivity index (χ3n) is 5.50. The fraction of sp³-hybridized carbons (Fsp3) is 0.591. The lowest BCUT2D eigenvalue weighted by molar-refractivity contribution is -0.153. The van der Waals surface area contributed by atoms with E-state index in [0.29, 0.717) is 30.6 Å². The van der Waals surface area contributed by atoms with Crippen molar-refractivity contribution in [3.8, 4) is 0 Å². The standard InChI is InChI=1S/C22H31N3O3/c1-20(2,3)14-21(4,5)23-18(27)22(25-13-9-12-17(25)26)15-10-7-8-11-16(15)24(6)19(22)28/h7-8,10-11H,9,12-14H2,1-6H3,(H,23,27). The first-order chi connectivity index (χ1) is 12.9. The third-order valence-corrected chi connectivity index (χ3v) is 5.50. The molecule has 1 N–H and O–H groups in total. The van der Waals surface area contributed by atoms with Gasteiger partial charge in [0.1, 0.15) is 0 Å². The summed E-state index contributed by atoms with van der Waals surface area (Å²) in [5.74, 6) is -0.936. The molecule has 152 valence electrons. The van der Waals surface area contributed by atoms with Crippen LogP contribution in [0, 0.1) is 5.41 Å². The van der Waals surface area contributed by atoms with Crippen LogP contribution in [0.1, 0.15) is 59.4 Å². The Labute approximate surface area is 167 Å². The summed E-state index contributed by atoms with van der Waals surface area (Å²) in [6.45, 7) is 10.7. The van der Waals surface area contributed by atoms with Crippen LogP contribution in [0.4, 0.5) is 5.69 Å². The van der Waals surface area contributed by atoms with E-state index in [-0.39, 0.29) is 17.2 Å². The molecule has 0 spiro atoms. The summed E-state index contributed by atoms with van der Waals surface area (Å²) in [4.78, 5) is 43.0. The SMILES string of the molecule is CN1C(=O)C(C(=O)NC(C)(C)CC(C)(C)C)(N2CCCC2=O)c2ccccc21. The summed E-state index contributed by atoms with van der Waals surface area (Å²) < 4.78 is 0. The molecule has 1 aromatic carbocycles. The van der Waals surface area contributed by atoms with Crippen molar-refractivity contribution in [3.05, 3.63) is 29.8 Å². The van der Waals surface area contributed by atoms with Crippen LogP contribution in [0.3, 0.4) is 0 Å². The van der Waals surface area contributed by atoms with Gasteiger partial charge in [0, 0.05) is 31.1 Å². The van der Waals surface area contributed by atoms with E-state index >= 15 is 0 Å². The molecular formula is C22H31N3O3. The number of nitrogens with one attached hydrogen (secondary N) is 1. The zero-order chi connectivity index (χ0) is 20.9. The first-order valence-electron chi connectivity index (χ1n) is 9.91. The van der Waals surface area contributed by atoms with Crippen molar-refractivity contribution in [2.24, 2.45) is 5.41 Å². The largest absolute Gasteiger partial charge is 0.348 e. The first kappa shape index (κ1) is 20.4. The fourth-order valence-corrected chi connectivity index (χ4v) is 4.91. The number of carbonyl (C=O) groups is 3. The number of fused-ring (bicyclic) bond motifs is 1. The minimum Gasteiger partial charge on any atom is -0.348 e. The van der Waals surface area contributed by atoms with Crippen LogP contribution in [0.25, 0.3) is 0 Å².